The van der Waals surface area contributed by atoms with Crippen molar-refractivity contribution < 1.29 is 14.6 Å². The molecule has 28 heavy (non-hydrogen) atoms. The predicted molar refractivity (Wildman–Crippen MR) is 112 cm³/mol. The minimum Gasteiger partial charge on any atom is -0.507 e. The molecule has 1 aromatic heterocycles. The van der Waals surface area contributed by atoms with E-state index in [-0.39, 0.29) is 11.7 Å². The van der Waals surface area contributed by atoms with Crippen molar-refractivity contribution in [3.8, 4) is 5.75 Å². The van der Waals surface area contributed by atoms with E-state index in [9.17, 15) is 9.90 Å². The van der Waals surface area contributed by atoms with Crippen molar-refractivity contribution in [1.29, 1.82) is 0 Å². The molecule has 0 saturated carbocycles. The van der Waals surface area contributed by atoms with Gasteiger partial charge in [-0.25, -0.2) is 4.79 Å². The number of hydrogen-bond acceptors (Lipinski definition) is 3. The zero-order chi connectivity index (χ0) is 19.7. The van der Waals surface area contributed by atoms with Crippen LogP contribution < -0.4 is 0 Å². The normalized spacial score (nSPS) is 11.2. The number of ether oxygens (including phenoxy) is 1. The summed E-state index contributed by atoms with van der Waals surface area (Å²) in [5.74, 6) is -0.237. The number of aryl methyl sites for hydroxylation is 2. The maximum Gasteiger partial charge on any atom is 0.340 e. The Morgan fingerprint density at radius 1 is 1.04 bits per heavy atom. The number of phenolic OH excluding ortho intramolecular Hbond substituents is 1. The molecular formula is C23H20ClNO3. The van der Waals surface area contributed by atoms with Gasteiger partial charge < -0.3 is 14.8 Å². The van der Waals surface area contributed by atoms with Crippen LogP contribution in [0, 0.1) is 0 Å². The van der Waals surface area contributed by atoms with Gasteiger partial charge in [-0.3, -0.25) is 0 Å². The minimum atomic E-state index is -0.385. The van der Waals surface area contributed by atoms with E-state index in [1.165, 1.54) is 0 Å². The number of halogens is 1. The summed E-state index contributed by atoms with van der Waals surface area (Å²) >= 11 is 6.09. The Morgan fingerprint density at radius 2 is 1.82 bits per heavy atom. The van der Waals surface area contributed by atoms with E-state index >= 15 is 0 Å². The first-order valence-corrected chi connectivity index (χ1v) is 9.63. The van der Waals surface area contributed by atoms with Crippen LogP contribution in [-0.4, -0.2) is 22.7 Å². The van der Waals surface area contributed by atoms with Crippen LogP contribution in [0.4, 0.5) is 0 Å². The van der Waals surface area contributed by atoms with Crippen molar-refractivity contribution in [1.82, 2.24) is 4.98 Å². The van der Waals surface area contributed by atoms with Crippen LogP contribution in [0.3, 0.4) is 0 Å². The number of aromatic amines is 1. The number of aromatic hydroxyl groups is 1. The number of H-pyrrole nitrogens is 1. The molecule has 0 aliphatic heterocycles. The number of fused-ring (bicyclic) bond motifs is 3. The highest BCUT2D eigenvalue weighted by Crippen LogP contribution is 2.36. The van der Waals surface area contributed by atoms with Crippen LogP contribution in [0.5, 0.6) is 5.75 Å². The van der Waals surface area contributed by atoms with Gasteiger partial charge in [-0.05, 0) is 43.5 Å². The second-order valence-electron chi connectivity index (χ2n) is 6.69. The first kappa shape index (κ1) is 18.4. The van der Waals surface area contributed by atoms with E-state index in [0.717, 1.165) is 34.0 Å². The van der Waals surface area contributed by atoms with Crippen LogP contribution in [-0.2, 0) is 17.6 Å². The third kappa shape index (κ3) is 3.32. The molecule has 0 spiro atoms. The van der Waals surface area contributed by atoms with Crippen molar-refractivity contribution in [2.24, 2.45) is 0 Å². The number of esters is 1. The summed E-state index contributed by atoms with van der Waals surface area (Å²) in [7, 11) is 0. The highest BCUT2D eigenvalue weighted by molar-refractivity contribution is 6.30. The van der Waals surface area contributed by atoms with Gasteiger partial charge >= 0.3 is 5.97 Å². The lowest BCUT2D eigenvalue weighted by Crippen LogP contribution is -2.08. The Bertz CT molecular complexity index is 1180. The molecule has 2 N–H and O–H groups in total. The summed E-state index contributed by atoms with van der Waals surface area (Å²) in [6.07, 6.45) is 1.35. The molecule has 3 aromatic carbocycles. The summed E-state index contributed by atoms with van der Waals surface area (Å²) in [5, 5.41) is 13.5. The van der Waals surface area contributed by atoms with Gasteiger partial charge in [0, 0.05) is 26.9 Å². The molecule has 142 valence electrons. The van der Waals surface area contributed by atoms with Crippen molar-refractivity contribution in [3.63, 3.8) is 0 Å². The first-order valence-electron chi connectivity index (χ1n) is 9.25. The number of carbonyl (C=O) groups excluding carboxylic acids is 1. The molecule has 0 atom stereocenters. The van der Waals surface area contributed by atoms with Gasteiger partial charge in [-0.1, -0.05) is 48.0 Å². The van der Waals surface area contributed by atoms with E-state index in [2.05, 4.69) is 4.98 Å². The molecular weight excluding hydrogens is 374 g/mol. The number of nitrogens with one attached hydrogen (secondary N) is 1. The molecule has 0 bridgehead atoms. The van der Waals surface area contributed by atoms with Crippen LogP contribution in [0.1, 0.15) is 28.5 Å². The Kier molecular flexibility index (Phi) is 4.97. The summed E-state index contributed by atoms with van der Waals surface area (Å²) in [6.45, 7) is 2.07. The van der Waals surface area contributed by atoms with Gasteiger partial charge in [0.15, 0.2) is 0 Å². The molecule has 0 saturated heterocycles. The lowest BCUT2D eigenvalue weighted by Gasteiger charge is -2.06. The van der Waals surface area contributed by atoms with Gasteiger partial charge in [-0.2, -0.15) is 0 Å². The quantitative estimate of drug-likeness (QED) is 0.431. The SMILES string of the molecule is CCOC(=O)c1c(CCc2cccc(Cl)c2)[nH]c2c1cc(O)c1ccccc12. The zero-order valence-electron chi connectivity index (χ0n) is 15.5. The predicted octanol–water partition coefficient (Wildman–Crippen LogP) is 5.64. The minimum absolute atomic E-state index is 0.147. The number of hydrogen-bond donors (Lipinski definition) is 2. The smallest absolute Gasteiger partial charge is 0.340 e. The fourth-order valence-electron chi connectivity index (χ4n) is 3.65. The van der Waals surface area contributed by atoms with Gasteiger partial charge in [0.25, 0.3) is 0 Å². The van der Waals surface area contributed by atoms with Crippen LogP contribution in [0.2, 0.25) is 5.02 Å². The molecule has 0 unspecified atom stereocenters. The number of aromatic nitrogens is 1. The number of benzene rings is 3. The summed E-state index contributed by atoms with van der Waals surface area (Å²) in [4.78, 5) is 16.1. The molecule has 1 heterocycles. The Morgan fingerprint density at radius 3 is 2.57 bits per heavy atom. The highest BCUT2D eigenvalue weighted by Gasteiger charge is 2.22. The summed E-state index contributed by atoms with van der Waals surface area (Å²) in [5.41, 5.74) is 3.20. The maximum absolute atomic E-state index is 12.7. The monoisotopic (exact) mass is 393 g/mol. The average molecular weight is 394 g/mol. The van der Waals surface area contributed by atoms with Crippen LogP contribution >= 0.6 is 11.6 Å². The topological polar surface area (TPSA) is 62.3 Å². The summed E-state index contributed by atoms with van der Waals surface area (Å²) < 4.78 is 5.30. The fourth-order valence-corrected chi connectivity index (χ4v) is 3.86. The van der Waals surface area contributed by atoms with E-state index in [1.54, 1.807) is 13.0 Å². The van der Waals surface area contributed by atoms with Gasteiger partial charge in [-0.15, -0.1) is 0 Å². The molecule has 4 rings (SSSR count). The maximum atomic E-state index is 12.7. The van der Waals surface area contributed by atoms with Crippen LogP contribution in [0.25, 0.3) is 21.7 Å². The third-order valence-electron chi connectivity index (χ3n) is 4.90. The van der Waals surface area contributed by atoms with Crippen molar-refractivity contribution in [3.05, 3.63) is 76.4 Å². The molecule has 4 aromatic rings. The lowest BCUT2D eigenvalue weighted by atomic mass is 10.0. The second-order valence-corrected chi connectivity index (χ2v) is 7.13. The third-order valence-corrected chi connectivity index (χ3v) is 5.14. The second kappa shape index (κ2) is 7.56. The largest absolute Gasteiger partial charge is 0.507 e. The van der Waals surface area contributed by atoms with E-state index in [4.69, 9.17) is 16.3 Å². The molecule has 0 radical (unpaired) electrons. The molecule has 0 amide bonds. The zero-order valence-corrected chi connectivity index (χ0v) is 16.2. The molecule has 0 aliphatic carbocycles. The first-order chi connectivity index (χ1) is 13.6. The van der Waals surface area contributed by atoms with Gasteiger partial charge in [0.05, 0.1) is 17.7 Å². The standard InChI is InChI=1S/C23H20ClNO3/c1-2-28-23(27)21-18-13-20(26)16-8-3-4-9-17(16)22(18)25-19(21)11-10-14-6-5-7-15(24)12-14/h3-9,12-13,25-26H,2,10-11H2,1H3. The van der Waals surface area contributed by atoms with Crippen molar-refractivity contribution in [2.75, 3.05) is 6.61 Å². The van der Waals surface area contributed by atoms with E-state index < -0.39 is 0 Å². The Balaban J connectivity index is 1.85. The summed E-state index contributed by atoms with van der Waals surface area (Å²) in [6, 6.07) is 16.9. The molecule has 0 aliphatic rings. The van der Waals surface area contributed by atoms with E-state index in [0.29, 0.717) is 29.0 Å². The highest BCUT2D eigenvalue weighted by atomic mass is 35.5. The molecule has 0 fully saturated rings. The molecule has 5 heteroatoms. The number of rotatable bonds is 5. The Labute approximate surface area is 167 Å². The van der Waals surface area contributed by atoms with E-state index in [1.807, 2.05) is 48.5 Å². The molecule has 4 nitrogen and oxygen atoms in total. The van der Waals surface area contributed by atoms with Crippen LogP contribution in [0.15, 0.2) is 54.6 Å². The Hall–Kier alpha value is -2.98. The number of phenols is 1. The van der Waals surface area contributed by atoms with Crippen molar-refractivity contribution in [2.45, 2.75) is 19.8 Å². The number of carbonyl (C=O) groups is 1. The lowest BCUT2D eigenvalue weighted by molar-refractivity contribution is 0.0527. The fraction of sp³-hybridized carbons (Fsp3) is 0.174. The average Bonchev–Trinajstić information content (AvgIpc) is 3.05. The van der Waals surface area contributed by atoms with Crippen molar-refractivity contribution >= 4 is 39.2 Å². The van der Waals surface area contributed by atoms with Gasteiger partial charge in [0.2, 0.25) is 0 Å². The van der Waals surface area contributed by atoms with Gasteiger partial charge in [0.1, 0.15) is 5.75 Å².